The average Bonchev–Trinajstić information content (AvgIpc) is 3.08. The summed E-state index contributed by atoms with van der Waals surface area (Å²) in [7, 11) is 1.62. The average molecular weight is 466 g/mol. The molecule has 4 aromatic rings. The third-order valence-electron chi connectivity index (χ3n) is 4.74. The molecule has 0 spiro atoms. The van der Waals surface area contributed by atoms with Crippen molar-refractivity contribution in [2.75, 3.05) is 12.4 Å². The van der Waals surface area contributed by atoms with Crippen molar-refractivity contribution in [2.45, 2.75) is 20.5 Å². The number of fused-ring (bicyclic) bond motifs is 1. The number of aromatic nitrogens is 4. The molecule has 2 aromatic carbocycles. The van der Waals surface area contributed by atoms with E-state index in [0.29, 0.717) is 23.6 Å². The summed E-state index contributed by atoms with van der Waals surface area (Å²) in [5, 5.41) is 16.1. The van der Waals surface area contributed by atoms with Crippen LogP contribution >= 0.6 is 15.9 Å². The summed E-state index contributed by atoms with van der Waals surface area (Å²) in [5.74, 6) is -0.332. The number of nitrogens with zero attached hydrogens (tertiary/aromatic N) is 4. The first-order chi connectivity index (χ1) is 14.5. The number of carbonyl (C=O) groups is 1. The summed E-state index contributed by atoms with van der Waals surface area (Å²) in [4.78, 5) is 12.8. The molecule has 1 amide bonds. The van der Waals surface area contributed by atoms with Crippen molar-refractivity contribution in [3.63, 3.8) is 0 Å². The van der Waals surface area contributed by atoms with Gasteiger partial charge in [0.15, 0.2) is 11.3 Å². The molecule has 8 heteroatoms. The van der Waals surface area contributed by atoms with Gasteiger partial charge in [0.05, 0.1) is 23.6 Å². The van der Waals surface area contributed by atoms with E-state index < -0.39 is 0 Å². The maximum Gasteiger partial charge on any atom is 0.278 e. The van der Waals surface area contributed by atoms with Gasteiger partial charge >= 0.3 is 0 Å². The molecule has 0 radical (unpaired) electrons. The molecule has 0 saturated carbocycles. The summed E-state index contributed by atoms with van der Waals surface area (Å²) >= 11 is 3.46. The van der Waals surface area contributed by atoms with Crippen LogP contribution in [0.25, 0.3) is 16.8 Å². The van der Waals surface area contributed by atoms with Gasteiger partial charge in [-0.1, -0.05) is 40.2 Å². The minimum absolute atomic E-state index is 0.220. The Labute approximate surface area is 182 Å². The Bertz CT molecular complexity index is 1230. The molecule has 0 bridgehead atoms. The zero-order chi connectivity index (χ0) is 21.3. The lowest BCUT2D eigenvalue weighted by molar-refractivity contribution is 0.102. The van der Waals surface area contributed by atoms with E-state index in [4.69, 9.17) is 4.74 Å². The number of ether oxygens (including phenoxy) is 1. The van der Waals surface area contributed by atoms with Gasteiger partial charge in [0, 0.05) is 17.3 Å². The molecule has 1 N–H and O–H groups in total. The van der Waals surface area contributed by atoms with E-state index in [2.05, 4.69) is 36.5 Å². The number of anilines is 1. The van der Waals surface area contributed by atoms with Gasteiger partial charge in [0.25, 0.3) is 5.91 Å². The minimum atomic E-state index is -0.332. The monoisotopic (exact) mass is 465 g/mol. The molecule has 0 atom stereocenters. The Kier molecular flexibility index (Phi) is 5.61. The second kappa shape index (κ2) is 8.33. The number of halogens is 1. The van der Waals surface area contributed by atoms with Crippen LogP contribution in [0, 0.1) is 13.8 Å². The van der Waals surface area contributed by atoms with Crippen LogP contribution < -0.4 is 5.32 Å². The fourth-order valence-corrected chi connectivity index (χ4v) is 3.59. The van der Waals surface area contributed by atoms with E-state index in [9.17, 15) is 4.79 Å². The highest BCUT2D eigenvalue weighted by molar-refractivity contribution is 9.10. The van der Waals surface area contributed by atoms with Gasteiger partial charge in [-0.25, -0.2) is 4.52 Å². The van der Waals surface area contributed by atoms with Crippen LogP contribution in [-0.4, -0.2) is 32.8 Å². The zero-order valence-corrected chi connectivity index (χ0v) is 18.4. The van der Waals surface area contributed by atoms with E-state index >= 15 is 0 Å². The molecule has 0 aliphatic carbocycles. The molecule has 0 fully saturated rings. The molecule has 0 aliphatic heterocycles. The van der Waals surface area contributed by atoms with Gasteiger partial charge in [0.2, 0.25) is 0 Å². The predicted molar refractivity (Wildman–Crippen MR) is 119 cm³/mol. The van der Waals surface area contributed by atoms with E-state index in [1.165, 1.54) is 0 Å². The number of methoxy groups -OCH3 is 1. The Morgan fingerprint density at radius 1 is 1.13 bits per heavy atom. The first-order valence-corrected chi connectivity index (χ1v) is 10.1. The lowest BCUT2D eigenvalue weighted by Gasteiger charge is -2.08. The second-order valence-corrected chi connectivity index (χ2v) is 7.87. The largest absolute Gasteiger partial charge is 0.378 e. The normalized spacial score (nSPS) is 11.1. The molecule has 4 rings (SSSR count). The van der Waals surface area contributed by atoms with Crippen LogP contribution in [0.2, 0.25) is 0 Å². The van der Waals surface area contributed by atoms with Gasteiger partial charge in [-0.05, 0) is 49.2 Å². The van der Waals surface area contributed by atoms with Crippen molar-refractivity contribution in [2.24, 2.45) is 0 Å². The number of rotatable bonds is 5. The third kappa shape index (κ3) is 3.83. The topological polar surface area (TPSA) is 81.4 Å². The number of amides is 1. The number of hydrogen-bond donors (Lipinski definition) is 1. The van der Waals surface area contributed by atoms with Crippen molar-refractivity contribution in [3.05, 3.63) is 75.6 Å². The number of carbonyl (C=O) groups excluding carboxylic acids is 1. The van der Waals surface area contributed by atoms with Crippen LogP contribution in [0.15, 0.2) is 53.0 Å². The molecule has 152 valence electrons. The number of benzene rings is 2. The summed E-state index contributed by atoms with van der Waals surface area (Å²) < 4.78 is 7.98. The predicted octanol–water partition coefficient (Wildman–Crippen LogP) is 4.57. The number of hydrogen-bond acceptors (Lipinski definition) is 5. The molecule has 0 aliphatic rings. The van der Waals surface area contributed by atoms with Crippen molar-refractivity contribution >= 4 is 33.2 Å². The fraction of sp³-hybridized carbons (Fsp3) is 0.182. The highest BCUT2D eigenvalue weighted by atomic mass is 79.9. The molecule has 0 saturated heterocycles. The van der Waals surface area contributed by atoms with E-state index in [-0.39, 0.29) is 11.6 Å². The van der Waals surface area contributed by atoms with E-state index in [1.54, 1.807) is 11.6 Å². The standard InChI is InChI=1S/C22H20BrN5O2/c1-13-5-4-6-17(11-13)24-22(29)20-14(2)28-21(26-25-20)19(18(27-28)12-30-3)15-7-9-16(23)10-8-15/h4-11H,12H2,1-3H3,(H,24,29). The molecular formula is C22H20BrN5O2. The lowest BCUT2D eigenvalue weighted by atomic mass is 10.1. The Hall–Kier alpha value is -3.10. The highest BCUT2D eigenvalue weighted by Crippen LogP contribution is 2.30. The van der Waals surface area contributed by atoms with Crippen LogP contribution in [-0.2, 0) is 11.3 Å². The van der Waals surface area contributed by atoms with E-state index in [1.807, 2.05) is 62.4 Å². The van der Waals surface area contributed by atoms with Crippen LogP contribution in [0.4, 0.5) is 5.69 Å². The van der Waals surface area contributed by atoms with Crippen molar-refractivity contribution in [1.82, 2.24) is 19.8 Å². The van der Waals surface area contributed by atoms with Gasteiger partial charge < -0.3 is 10.1 Å². The molecule has 2 heterocycles. The number of nitrogens with one attached hydrogen (secondary N) is 1. The van der Waals surface area contributed by atoms with Crippen molar-refractivity contribution in [1.29, 1.82) is 0 Å². The quantitative estimate of drug-likeness (QED) is 0.466. The number of aryl methyl sites for hydroxylation is 2. The first-order valence-electron chi connectivity index (χ1n) is 9.35. The first kappa shape index (κ1) is 20.2. The summed E-state index contributed by atoms with van der Waals surface area (Å²) in [5.41, 5.74) is 5.68. The SMILES string of the molecule is COCc1nn2c(C)c(C(=O)Nc3cccc(C)c3)nnc2c1-c1ccc(Br)cc1. The Balaban J connectivity index is 1.79. The van der Waals surface area contributed by atoms with Crippen LogP contribution in [0.5, 0.6) is 0 Å². The molecular weight excluding hydrogens is 446 g/mol. The van der Waals surface area contributed by atoms with Crippen LogP contribution in [0.3, 0.4) is 0 Å². The minimum Gasteiger partial charge on any atom is -0.378 e. The Morgan fingerprint density at radius 3 is 2.60 bits per heavy atom. The zero-order valence-electron chi connectivity index (χ0n) is 16.8. The highest BCUT2D eigenvalue weighted by Gasteiger charge is 2.22. The van der Waals surface area contributed by atoms with Crippen molar-refractivity contribution < 1.29 is 9.53 Å². The summed E-state index contributed by atoms with van der Waals surface area (Å²) in [6, 6.07) is 15.5. The Morgan fingerprint density at radius 2 is 1.90 bits per heavy atom. The maximum atomic E-state index is 12.8. The summed E-state index contributed by atoms with van der Waals surface area (Å²) in [6.07, 6.45) is 0. The summed E-state index contributed by atoms with van der Waals surface area (Å²) in [6.45, 7) is 4.10. The lowest BCUT2D eigenvalue weighted by Crippen LogP contribution is -2.18. The van der Waals surface area contributed by atoms with E-state index in [0.717, 1.165) is 26.9 Å². The fourth-order valence-electron chi connectivity index (χ4n) is 3.32. The maximum absolute atomic E-state index is 12.8. The third-order valence-corrected chi connectivity index (χ3v) is 5.27. The molecule has 2 aromatic heterocycles. The molecule has 30 heavy (non-hydrogen) atoms. The van der Waals surface area contributed by atoms with Gasteiger partial charge in [-0.3, -0.25) is 4.79 Å². The van der Waals surface area contributed by atoms with Crippen LogP contribution in [0.1, 0.15) is 27.4 Å². The smallest absolute Gasteiger partial charge is 0.278 e. The van der Waals surface area contributed by atoms with Crippen molar-refractivity contribution in [3.8, 4) is 11.1 Å². The van der Waals surface area contributed by atoms with Gasteiger partial charge in [0.1, 0.15) is 0 Å². The van der Waals surface area contributed by atoms with Gasteiger partial charge in [-0.2, -0.15) is 5.10 Å². The second-order valence-electron chi connectivity index (χ2n) is 6.95. The molecule has 0 unspecified atom stereocenters. The van der Waals surface area contributed by atoms with Gasteiger partial charge in [-0.15, -0.1) is 10.2 Å². The molecule has 7 nitrogen and oxygen atoms in total.